The number of rotatable bonds is 3. The van der Waals surface area contributed by atoms with Crippen LogP contribution in [0.5, 0.6) is 5.75 Å². The van der Waals surface area contributed by atoms with Crippen LogP contribution in [0.25, 0.3) is 10.1 Å². The van der Waals surface area contributed by atoms with Crippen LogP contribution in [0.4, 0.5) is 4.79 Å². The van der Waals surface area contributed by atoms with Crippen LogP contribution in [-0.4, -0.2) is 36.8 Å². The van der Waals surface area contributed by atoms with Gasteiger partial charge in [-0.25, -0.2) is 4.79 Å². The van der Waals surface area contributed by atoms with Crippen molar-refractivity contribution >= 4 is 27.5 Å². The zero-order valence-corrected chi connectivity index (χ0v) is 15.0. The second-order valence-electron chi connectivity index (χ2n) is 6.68. The summed E-state index contributed by atoms with van der Waals surface area (Å²) < 4.78 is 12.0. The fourth-order valence-corrected chi connectivity index (χ4v) is 5.54. The molecule has 2 fully saturated rings. The normalized spacial score (nSPS) is 25.9. The van der Waals surface area contributed by atoms with Gasteiger partial charge in [-0.1, -0.05) is 6.07 Å². The number of hydrogen-bond donors (Lipinski definition) is 0. The third-order valence-corrected chi connectivity index (χ3v) is 6.64. The Labute approximate surface area is 146 Å². The molecule has 2 aromatic rings. The minimum atomic E-state index is -0.124. The van der Waals surface area contributed by atoms with Gasteiger partial charge < -0.3 is 14.4 Å². The van der Waals surface area contributed by atoms with E-state index >= 15 is 0 Å². The molecule has 0 radical (unpaired) electrons. The molecule has 128 valence electrons. The van der Waals surface area contributed by atoms with E-state index in [-0.39, 0.29) is 6.09 Å². The Morgan fingerprint density at radius 1 is 1.29 bits per heavy atom. The predicted octanol–water partition coefficient (Wildman–Crippen LogP) is 4.78. The van der Waals surface area contributed by atoms with Gasteiger partial charge in [-0.15, -0.1) is 11.3 Å². The molecule has 4 rings (SSSR count). The lowest BCUT2D eigenvalue weighted by Gasteiger charge is -2.37. The molecule has 2 atom stereocenters. The highest BCUT2D eigenvalue weighted by molar-refractivity contribution is 7.19. The third kappa shape index (κ3) is 2.55. The molecule has 4 nitrogen and oxygen atoms in total. The van der Waals surface area contributed by atoms with Crippen LogP contribution in [0.1, 0.15) is 43.4 Å². The maximum atomic E-state index is 12.2. The minimum Gasteiger partial charge on any atom is -0.496 e. The molecule has 3 heterocycles. The molecule has 0 N–H and O–H groups in total. The topological polar surface area (TPSA) is 38.8 Å². The van der Waals surface area contributed by atoms with Gasteiger partial charge in [0.1, 0.15) is 5.75 Å². The summed E-state index contributed by atoms with van der Waals surface area (Å²) in [5.41, 5.74) is 0. The maximum absolute atomic E-state index is 12.2. The summed E-state index contributed by atoms with van der Waals surface area (Å²) in [7, 11) is 1.73. The maximum Gasteiger partial charge on any atom is 0.410 e. The molecule has 0 spiro atoms. The number of ether oxygens (including phenoxy) is 2. The smallest absolute Gasteiger partial charge is 0.410 e. The molecular formula is C19H23NO3S. The van der Waals surface area contributed by atoms with E-state index in [2.05, 4.69) is 18.2 Å². The summed E-state index contributed by atoms with van der Waals surface area (Å²) in [6.07, 6.45) is 4.18. The second-order valence-corrected chi connectivity index (χ2v) is 7.80. The van der Waals surface area contributed by atoms with Gasteiger partial charge in [0.15, 0.2) is 0 Å². The molecule has 2 unspecified atom stereocenters. The second kappa shape index (κ2) is 6.28. The van der Waals surface area contributed by atoms with Gasteiger partial charge in [0.05, 0.1) is 13.7 Å². The summed E-state index contributed by atoms with van der Waals surface area (Å²) in [5.74, 6) is 1.48. The molecule has 2 saturated heterocycles. The first-order valence-corrected chi connectivity index (χ1v) is 9.54. The summed E-state index contributed by atoms with van der Waals surface area (Å²) in [6, 6.07) is 9.19. The number of fused-ring (bicyclic) bond motifs is 3. The Morgan fingerprint density at radius 2 is 2.04 bits per heavy atom. The lowest BCUT2D eigenvalue weighted by molar-refractivity contribution is 0.0693. The Bertz CT molecular complexity index is 742. The molecule has 0 saturated carbocycles. The molecular weight excluding hydrogens is 322 g/mol. The number of carbonyl (C=O) groups is 1. The summed E-state index contributed by atoms with van der Waals surface area (Å²) in [6.45, 7) is 2.32. The molecule has 1 amide bonds. The van der Waals surface area contributed by atoms with Gasteiger partial charge in [0.25, 0.3) is 0 Å². The van der Waals surface area contributed by atoms with Crippen molar-refractivity contribution in [2.45, 2.75) is 50.6 Å². The van der Waals surface area contributed by atoms with E-state index in [1.165, 1.54) is 15.0 Å². The Balaban J connectivity index is 1.58. The van der Waals surface area contributed by atoms with Crippen LogP contribution >= 0.6 is 11.3 Å². The van der Waals surface area contributed by atoms with Crippen molar-refractivity contribution in [2.24, 2.45) is 0 Å². The van der Waals surface area contributed by atoms with E-state index in [1.54, 1.807) is 7.11 Å². The molecule has 2 bridgehead atoms. The van der Waals surface area contributed by atoms with Crippen molar-refractivity contribution in [2.75, 3.05) is 13.7 Å². The van der Waals surface area contributed by atoms with Crippen LogP contribution in [-0.2, 0) is 4.74 Å². The molecule has 1 aromatic carbocycles. The van der Waals surface area contributed by atoms with E-state index in [0.29, 0.717) is 24.6 Å². The van der Waals surface area contributed by atoms with Crippen LogP contribution in [0.15, 0.2) is 24.3 Å². The van der Waals surface area contributed by atoms with Gasteiger partial charge in [0, 0.05) is 27.0 Å². The van der Waals surface area contributed by atoms with Gasteiger partial charge >= 0.3 is 6.09 Å². The first-order valence-electron chi connectivity index (χ1n) is 8.72. The number of methoxy groups -OCH3 is 1. The van der Waals surface area contributed by atoms with Crippen molar-refractivity contribution in [3.8, 4) is 5.75 Å². The number of thiophene rings is 1. The van der Waals surface area contributed by atoms with Gasteiger partial charge in [-0.3, -0.25) is 0 Å². The number of carbonyl (C=O) groups excluding carboxylic acids is 1. The lowest BCUT2D eigenvalue weighted by atomic mass is 9.89. The molecule has 1 aromatic heterocycles. The first-order chi connectivity index (χ1) is 11.7. The average Bonchev–Trinajstić information content (AvgIpc) is 3.13. The predicted molar refractivity (Wildman–Crippen MR) is 96.0 cm³/mol. The molecule has 2 aliphatic rings. The number of amides is 1. The van der Waals surface area contributed by atoms with E-state index in [9.17, 15) is 4.79 Å². The van der Waals surface area contributed by atoms with Crippen LogP contribution < -0.4 is 4.74 Å². The molecule has 2 aliphatic heterocycles. The zero-order valence-electron chi connectivity index (χ0n) is 14.2. The average molecular weight is 345 g/mol. The zero-order chi connectivity index (χ0) is 16.7. The van der Waals surface area contributed by atoms with Gasteiger partial charge in [-0.05, 0) is 56.7 Å². The van der Waals surface area contributed by atoms with Crippen molar-refractivity contribution < 1.29 is 14.3 Å². The van der Waals surface area contributed by atoms with Gasteiger partial charge in [-0.2, -0.15) is 0 Å². The third-order valence-electron chi connectivity index (χ3n) is 5.37. The van der Waals surface area contributed by atoms with E-state index in [1.807, 2.05) is 29.2 Å². The summed E-state index contributed by atoms with van der Waals surface area (Å²) in [5, 5.41) is 1.21. The summed E-state index contributed by atoms with van der Waals surface area (Å²) >= 11 is 1.87. The van der Waals surface area contributed by atoms with Crippen molar-refractivity contribution in [3.63, 3.8) is 0 Å². The highest BCUT2D eigenvalue weighted by atomic mass is 32.1. The fourth-order valence-electron chi connectivity index (χ4n) is 4.34. The number of nitrogens with zero attached hydrogens (tertiary/aromatic N) is 1. The standard InChI is InChI=1S/C19H23NO3S/c1-3-23-19(21)20-13-7-8-14(20)10-12(9-13)18-11-15-16(22-2)5-4-6-17(15)24-18/h4-6,11-14H,3,7-10H2,1-2H3. The van der Waals surface area contributed by atoms with E-state index in [4.69, 9.17) is 9.47 Å². The van der Waals surface area contributed by atoms with E-state index in [0.717, 1.165) is 31.4 Å². The van der Waals surface area contributed by atoms with E-state index < -0.39 is 0 Å². The molecule has 0 aliphatic carbocycles. The number of benzene rings is 1. The van der Waals surface area contributed by atoms with Crippen molar-refractivity contribution in [1.82, 2.24) is 4.90 Å². The Kier molecular flexibility index (Phi) is 4.12. The van der Waals surface area contributed by atoms with Crippen LogP contribution in [0.3, 0.4) is 0 Å². The number of piperidine rings is 1. The first kappa shape index (κ1) is 15.8. The minimum absolute atomic E-state index is 0.124. The highest BCUT2D eigenvalue weighted by Crippen LogP contribution is 2.46. The quantitative estimate of drug-likeness (QED) is 0.804. The Hall–Kier alpha value is -1.75. The Morgan fingerprint density at radius 3 is 2.71 bits per heavy atom. The van der Waals surface area contributed by atoms with Crippen LogP contribution in [0.2, 0.25) is 0 Å². The van der Waals surface area contributed by atoms with Crippen molar-refractivity contribution in [1.29, 1.82) is 0 Å². The van der Waals surface area contributed by atoms with Crippen molar-refractivity contribution in [3.05, 3.63) is 29.1 Å². The monoisotopic (exact) mass is 345 g/mol. The lowest BCUT2D eigenvalue weighted by Crippen LogP contribution is -2.46. The highest BCUT2D eigenvalue weighted by Gasteiger charge is 2.44. The number of hydrogen-bond acceptors (Lipinski definition) is 4. The molecule has 5 heteroatoms. The van der Waals surface area contributed by atoms with Gasteiger partial charge in [0.2, 0.25) is 0 Å². The summed E-state index contributed by atoms with van der Waals surface area (Å²) in [4.78, 5) is 15.6. The molecule has 24 heavy (non-hydrogen) atoms. The van der Waals surface area contributed by atoms with Crippen LogP contribution in [0, 0.1) is 0 Å². The largest absolute Gasteiger partial charge is 0.496 e. The SMILES string of the molecule is CCOC(=O)N1C2CCC1CC(c1cc3c(OC)cccc3s1)C2. The fraction of sp³-hybridized carbons (Fsp3) is 0.526.